The summed E-state index contributed by atoms with van der Waals surface area (Å²) in [6, 6.07) is 6.83. The maximum Gasteiger partial charge on any atom is 0.325 e. The van der Waals surface area contributed by atoms with Crippen LogP contribution in [0.4, 0.5) is 0 Å². The van der Waals surface area contributed by atoms with Crippen molar-refractivity contribution in [2.45, 2.75) is 31.7 Å². The van der Waals surface area contributed by atoms with Crippen molar-refractivity contribution in [2.75, 3.05) is 12.9 Å². The molecule has 0 atom stereocenters. The highest BCUT2D eigenvalue weighted by Gasteiger charge is 2.16. The second-order valence-electron chi connectivity index (χ2n) is 5.21. The lowest BCUT2D eigenvalue weighted by Crippen LogP contribution is -2.28. The molecular formula is C16H18N2O5S. The number of rotatable bonds is 6. The smallest absolute Gasteiger partial charge is 0.325 e. The molecular weight excluding hydrogens is 332 g/mol. The fourth-order valence-electron chi connectivity index (χ4n) is 2.01. The summed E-state index contributed by atoms with van der Waals surface area (Å²) in [5.41, 5.74) is 0.147. The number of hydrogen-bond donors (Lipinski definition) is 0. The number of ether oxygens (including phenoxy) is 2. The van der Waals surface area contributed by atoms with E-state index in [1.165, 1.54) is 11.7 Å². The van der Waals surface area contributed by atoms with Crippen LogP contribution in [-0.4, -0.2) is 40.5 Å². The van der Waals surface area contributed by atoms with Gasteiger partial charge in [0.2, 0.25) is 0 Å². The van der Waals surface area contributed by atoms with Crippen molar-refractivity contribution in [1.29, 1.82) is 0 Å². The predicted molar refractivity (Wildman–Crippen MR) is 90.0 cm³/mol. The molecule has 7 nitrogen and oxygen atoms in total. The molecule has 8 heteroatoms. The predicted octanol–water partition coefficient (Wildman–Crippen LogP) is 1.61. The topological polar surface area (TPSA) is 87.5 Å². The van der Waals surface area contributed by atoms with E-state index in [4.69, 9.17) is 4.74 Å². The van der Waals surface area contributed by atoms with Crippen molar-refractivity contribution >= 4 is 34.6 Å². The molecule has 0 amide bonds. The van der Waals surface area contributed by atoms with Crippen LogP contribution in [-0.2, 0) is 25.6 Å². The van der Waals surface area contributed by atoms with E-state index in [1.54, 1.807) is 38.1 Å². The number of methoxy groups -OCH3 is 1. The minimum atomic E-state index is -0.569. The molecule has 1 aromatic carbocycles. The molecule has 0 fully saturated rings. The molecule has 2 aromatic rings. The van der Waals surface area contributed by atoms with Crippen LogP contribution in [0.5, 0.6) is 0 Å². The molecule has 0 aliphatic rings. The van der Waals surface area contributed by atoms with Crippen LogP contribution < -0.4 is 5.56 Å². The molecule has 0 saturated carbocycles. The first-order valence-corrected chi connectivity index (χ1v) is 8.29. The lowest BCUT2D eigenvalue weighted by molar-refractivity contribution is -0.144. The van der Waals surface area contributed by atoms with Gasteiger partial charge in [-0.05, 0) is 26.0 Å². The second-order valence-corrected chi connectivity index (χ2v) is 6.15. The van der Waals surface area contributed by atoms with Gasteiger partial charge in [0.1, 0.15) is 6.54 Å². The van der Waals surface area contributed by atoms with Gasteiger partial charge in [-0.1, -0.05) is 23.9 Å². The second kappa shape index (κ2) is 7.96. The van der Waals surface area contributed by atoms with Gasteiger partial charge in [0.25, 0.3) is 5.56 Å². The van der Waals surface area contributed by atoms with Gasteiger partial charge in [-0.15, -0.1) is 0 Å². The van der Waals surface area contributed by atoms with Crippen LogP contribution in [0, 0.1) is 0 Å². The van der Waals surface area contributed by atoms with E-state index in [0.717, 1.165) is 11.8 Å². The van der Waals surface area contributed by atoms with Crippen LogP contribution in [0.25, 0.3) is 10.9 Å². The Balaban J connectivity index is 2.38. The molecule has 0 bridgehead atoms. The largest absolute Gasteiger partial charge is 0.468 e. The number of carbonyl (C=O) groups excluding carboxylic acids is 2. The molecule has 0 aliphatic heterocycles. The minimum Gasteiger partial charge on any atom is -0.468 e. The first-order chi connectivity index (χ1) is 11.4. The average Bonchev–Trinajstić information content (AvgIpc) is 2.55. The third kappa shape index (κ3) is 4.35. The van der Waals surface area contributed by atoms with Gasteiger partial charge in [0, 0.05) is 0 Å². The number of aromatic nitrogens is 2. The first-order valence-electron chi connectivity index (χ1n) is 7.31. The van der Waals surface area contributed by atoms with Crippen LogP contribution in [0.3, 0.4) is 0 Å². The molecule has 0 N–H and O–H groups in total. The molecule has 24 heavy (non-hydrogen) atoms. The molecule has 0 saturated heterocycles. The molecule has 0 radical (unpaired) electrons. The van der Waals surface area contributed by atoms with E-state index in [2.05, 4.69) is 9.72 Å². The van der Waals surface area contributed by atoms with E-state index in [9.17, 15) is 14.4 Å². The van der Waals surface area contributed by atoms with Crippen molar-refractivity contribution in [3.63, 3.8) is 0 Å². The Morgan fingerprint density at radius 2 is 1.96 bits per heavy atom. The highest BCUT2D eigenvalue weighted by Crippen LogP contribution is 2.18. The molecule has 0 spiro atoms. The highest BCUT2D eigenvalue weighted by atomic mass is 32.2. The summed E-state index contributed by atoms with van der Waals surface area (Å²) < 4.78 is 10.9. The molecule has 0 aliphatic carbocycles. The van der Waals surface area contributed by atoms with Crippen LogP contribution in [0.2, 0.25) is 0 Å². The van der Waals surface area contributed by atoms with Gasteiger partial charge in [-0.25, -0.2) is 4.98 Å². The number of para-hydroxylation sites is 1. The minimum absolute atomic E-state index is 0.00979. The zero-order valence-electron chi connectivity index (χ0n) is 13.6. The number of benzene rings is 1. The normalized spacial score (nSPS) is 10.8. The molecule has 0 unspecified atom stereocenters. The lowest BCUT2D eigenvalue weighted by atomic mass is 10.2. The number of hydrogen-bond acceptors (Lipinski definition) is 7. The number of esters is 2. The first kappa shape index (κ1) is 18.0. The average molecular weight is 350 g/mol. The molecule has 1 aromatic heterocycles. The molecule has 1 heterocycles. The van der Waals surface area contributed by atoms with Gasteiger partial charge in [-0.2, -0.15) is 0 Å². The Morgan fingerprint density at radius 1 is 1.25 bits per heavy atom. The van der Waals surface area contributed by atoms with E-state index in [1.807, 2.05) is 0 Å². The molecule has 128 valence electrons. The monoisotopic (exact) mass is 350 g/mol. The third-order valence-corrected chi connectivity index (χ3v) is 3.98. The van der Waals surface area contributed by atoms with Crippen LogP contribution in [0.15, 0.2) is 34.2 Å². The Bertz CT molecular complexity index is 816. The Hall–Kier alpha value is -2.35. The summed E-state index contributed by atoms with van der Waals surface area (Å²) in [5, 5.41) is 0.667. The van der Waals surface area contributed by atoms with E-state index in [-0.39, 0.29) is 29.1 Å². The summed E-state index contributed by atoms with van der Waals surface area (Å²) >= 11 is 1.05. The summed E-state index contributed by atoms with van der Waals surface area (Å²) in [7, 11) is 1.24. The van der Waals surface area contributed by atoms with Crippen LogP contribution in [0.1, 0.15) is 13.8 Å². The van der Waals surface area contributed by atoms with Gasteiger partial charge < -0.3 is 9.47 Å². The van der Waals surface area contributed by atoms with Crippen molar-refractivity contribution in [2.24, 2.45) is 0 Å². The van der Waals surface area contributed by atoms with E-state index in [0.29, 0.717) is 10.9 Å². The van der Waals surface area contributed by atoms with E-state index < -0.39 is 11.9 Å². The standard InChI is InChI=1S/C16H18N2O5S/c1-10(2)23-14(20)9-24-16-17-12-7-5-4-6-11(12)15(21)18(16)8-13(19)22-3/h4-7,10H,8-9H2,1-3H3. The van der Waals surface area contributed by atoms with Gasteiger partial charge in [0.05, 0.1) is 29.9 Å². The Morgan fingerprint density at radius 3 is 2.62 bits per heavy atom. The third-order valence-electron chi connectivity index (χ3n) is 3.03. The van der Waals surface area contributed by atoms with Gasteiger partial charge in [-0.3, -0.25) is 19.0 Å². The van der Waals surface area contributed by atoms with Crippen molar-refractivity contribution in [3.8, 4) is 0 Å². The number of nitrogens with zero attached hydrogens (tertiary/aromatic N) is 2. The Kier molecular flexibility index (Phi) is 5.97. The number of fused-ring (bicyclic) bond motifs is 1. The summed E-state index contributed by atoms with van der Waals surface area (Å²) in [6.07, 6.45) is -0.222. The zero-order valence-corrected chi connectivity index (χ0v) is 14.5. The van der Waals surface area contributed by atoms with Crippen LogP contribution >= 0.6 is 11.8 Å². The number of thioether (sulfide) groups is 1. The summed E-state index contributed by atoms with van der Waals surface area (Å²) in [5.74, 6) is -0.993. The van der Waals surface area contributed by atoms with Crippen molar-refractivity contribution < 1.29 is 19.1 Å². The Labute approximate surface area is 143 Å². The van der Waals surface area contributed by atoms with Crippen molar-refractivity contribution in [1.82, 2.24) is 9.55 Å². The van der Waals surface area contributed by atoms with Gasteiger partial charge in [0.15, 0.2) is 5.16 Å². The zero-order chi connectivity index (χ0) is 17.7. The summed E-state index contributed by atoms with van der Waals surface area (Å²) in [4.78, 5) is 40.3. The highest BCUT2D eigenvalue weighted by molar-refractivity contribution is 7.99. The fraction of sp³-hybridized carbons (Fsp3) is 0.375. The maximum absolute atomic E-state index is 12.6. The SMILES string of the molecule is COC(=O)Cn1c(SCC(=O)OC(C)C)nc2ccccc2c1=O. The van der Waals surface area contributed by atoms with E-state index >= 15 is 0 Å². The lowest BCUT2D eigenvalue weighted by Gasteiger charge is -2.12. The maximum atomic E-state index is 12.6. The number of carbonyl (C=O) groups is 2. The van der Waals surface area contributed by atoms with Gasteiger partial charge >= 0.3 is 11.9 Å². The summed E-state index contributed by atoms with van der Waals surface area (Å²) in [6.45, 7) is 3.24. The fourth-order valence-corrected chi connectivity index (χ4v) is 2.79. The molecule has 2 rings (SSSR count). The van der Waals surface area contributed by atoms with Crippen molar-refractivity contribution in [3.05, 3.63) is 34.6 Å². The quantitative estimate of drug-likeness (QED) is 0.444.